The number of phenols is 1. The van der Waals surface area contributed by atoms with E-state index < -0.39 is 0 Å². The Morgan fingerprint density at radius 1 is 1.44 bits per heavy atom. The fraction of sp³-hybridized carbons (Fsp3) is 0.462. The summed E-state index contributed by atoms with van der Waals surface area (Å²) in [5.74, 6) is 0.309. The van der Waals surface area contributed by atoms with Crippen LogP contribution >= 0.6 is 0 Å². The third kappa shape index (κ3) is 2.85. The molecule has 4 N–H and O–H groups in total. The number of carbonyl (C=O) groups excluding carboxylic acids is 1. The number of nitrogens with one attached hydrogen (secondary N) is 1. The fourth-order valence-corrected chi connectivity index (χ4v) is 2.23. The van der Waals surface area contributed by atoms with Crippen LogP contribution in [-0.2, 0) is 0 Å². The van der Waals surface area contributed by atoms with E-state index in [9.17, 15) is 9.90 Å². The number of rotatable bonds is 2. The number of carbonyl (C=O) groups is 1. The summed E-state index contributed by atoms with van der Waals surface area (Å²) in [5, 5.41) is 12.9. The van der Waals surface area contributed by atoms with Crippen LogP contribution in [0.5, 0.6) is 5.75 Å². The first-order valence-electron chi connectivity index (χ1n) is 6.17. The van der Waals surface area contributed by atoms with Gasteiger partial charge in [0.05, 0.1) is 0 Å². The Balaban J connectivity index is 1.91. The van der Waals surface area contributed by atoms with E-state index in [0.29, 0.717) is 24.9 Å². The molecule has 0 bridgehead atoms. The predicted molar refractivity (Wildman–Crippen MR) is 70.6 cm³/mol. The number of benzene rings is 1. The molecule has 1 aliphatic rings. The molecule has 5 heteroatoms. The second-order valence-electron chi connectivity index (χ2n) is 4.75. The van der Waals surface area contributed by atoms with Gasteiger partial charge in [0, 0.05) is 24.8 Å². The summed E-state index contributed by atoms with van der Waals surface area (Å²) < 4.78 is 0. The van der Waals surface area contributed by atoms with E-state index in [1.165, 1.54) is 0 Å². The van der Waals surface area contributed by atoms with Crippen LogP contribution in [0.15, 0.2) is 18.2 Å². The topological polar surface area (TPSA) is 78.6 Å². The molecule has 1 fully saturated rings. The molecule has 1 aliphatic heterocycles. The molecule has 0 saturated carbocycles. The largest absolute Gasteiger partial charge is 0.508 e. The Labute approximate surface area is 107 Å². The third-order valence-corrected chi connectivity index (χ3v) is 3.37. The number of urea groups is 1. The van der Waals surface area contributed by atoms with Crippen LogP contribution in [0.25, 0.3) is 0 Å². The number of amides is 2. The van der Waals surface area contributed by atoms with Gasteiger partial charge in [0.1, 0.15) is 5.75 Å². The minimum absolute atomic E-state index is 0.309. The predicted octanol–water partition coefficient (Wildman–Crippen LogP) is 1.66. The molecule has 1 aromatic carbocycles. The zero-order valence-corrected chi connectivity index (χ0v) is 10.5. The first-order chi connectivity index (χ1) is 8.56. The van der Waals surface area contributed by atoms with E-state index >= 15 is 0 Å². The van der Waals surface area contributed by atoms with Gasteiger partial charge in [-0.3, -0.25) is 0 Å². The highest BCUT2D eigenvalue weighted by Crippen LogP contribution is 2.22. The first kappa shape index (κ1) is 12.5. The molecular formula is C13H19N3O2. The molecular weight excluding hydrogens is 230 g/mol. The van der Waals surface area contributed by atoms with Crippen LogP contribution < -0.4 is 11.1 Å². The summed E-state index contributed by atoms with van der Waals surface area (Å²) in [5.41, 5.74) is 7.10. The summed E-state index contributed by atoms with van der Waals surface area (Å²) in [4.78, 5) is 12.7. The van der Waals surface area contributed by atoms with Crippen molar-refractivity contribution in [1.82, 2.24) is 4.90 Å². The number of nitrogens with two attached hydrogens (primary N) is 1. The van der Waals surface area contributed by atoms with Crippen molar-refractivity contribution < 1.29 is 9.90 Å². The SMILES string of the molecule is Cc1cc(NC2CCN(C(N)=O)CC2)ccc1O. The lowest BCUT2D eigenvalue weighted by atomic mass is 10.0. The molecule has 18 heavy (non-hydrogen) atoms. The lowest BCUT2D eigenvalue weighted by Crippen LogP contribution is -2.44. The Bertz CT molecular complexity index is 440. The highest BCUT2D eigenvalue weighted by Gasteiger charge is 2.20. The molecule has 1 heterocycles. The maximum absolute atomic E-state index is 11.0. The highest BCUT2D eigenvalue weighted by atomic mass is 16.3. The molecule has 0 atom stereocenters. The average molecular weight is 249 g/mol. The lowest BCUT2D eigenvalue weighted by molar-refractivity contribution is 0.193. The third-order valence-electron chi connectivity index (χ3n) is 3.37. The zero-order valence-electron chi connectivity index (χ0n) is 10.5. The van der Waals surface area contributed by atoms with Gasteiger partial charge in [-0.25, -0.2) is 4.79 Å². The number of aromatic hydroxyl groups is 1. The molecule has 0 unspecified atom stereocenters. The normalized spacial score (nSPS) is 16.6. The number of piperidine rings is 1. The summed E-state index contributed by atoms with van der Waals surface area (Å²) in [6.07, 6.45) is 1.78. The maximum Gasteiger partial charge on any atom is 0.314 e. The Morgan fingerprint density at radius 2 is 2.11 bits per heavy atom. The van der Waals surface area contributed by atoms with Gasteiger partial charge < -0.3 is 21.1 Å². The van der Waals surface area contributed by atoms with Gasteiger partial charge in [-0.1, -0.05) is 0 Å². The number of primary amides is 1. The molecule has 1 saturated heterocycles. The molecule has 0 aliphatic carbocycles. The van der Waals surface area contributed by atoms with Gasteiger partial charge in [0.15, 0.2) is 0 Å². The number of aryl methyl sites for hydroxylation is 1. The molecule has 2 rings (SSSR count). The molecule has 2 amide bonds. The van der Waals surface area contributed by atoms with Crippen molar-refractivity contribution in [2.75, 3.05) is 18.4 Å². The quantitative estimate of drug-likeness (QED) is 0.697. The smallest absolute Gasteiger partial charge is 0.314 e. The summed E-state index contributed by atoms with van der Waals surface area (Å²) in [6, 6.07) is 5.49. The van der Waals surface area contributed by atoms with E-state index in [0.717, 1.165) is 24.1 Å². The van der Waals surface area contributed by atoms with E-state index in [4.69, 9.17) is 5.73 Å². The number of hydrogen-bond acceptors (Lipinski definition) is 3. The number of nitrogens with zero attached hydrogens (tertiary/aromatic N) is 1. The minimum Gasteiger partial charge on any atom is -0.508 e. The number of hydrogen-bond donors (Lipinski definition) is 3. The van der Waals surface area contributed by atoms with Crippen LogP contribution in [0.4, 0.5) is 10.5 Å². The van der Waals surface area contributed by atoms with E-state index in [1.54, 1.807) is 11.0 Å². The first-order valence-corrected chi connectivity index (χ1v) is 6.17. The second-order valence-corrected chi connectivity index (χ2v) is 4.75. The van der Waals surface area contributed by atoms with Crippen molar-refractivity contribution in [3.05, 3.63) is 23.8 Å². The summed E-state index contributed by atoms with van der Waals surface area (Å²) in [6.45, 7) is 3.27. The van der Waals surface area contributed by atoms with Gasteiger partial charge in [-0.15, -0.1) is 0 Å². The lowest BCUT2D eigenvalue weighted by Gasteiger charge is -2.31. The van der Waals surface area contributed by atoms with E-state index in [1.807, 2.05) is 19.1 Å². The van der Waals surface area contributed by atoms with Crippen LogP contribution in [0.3, 0.4) is 0 Å². The van der Waals surface area contributed by atoms with Crippen LogP contribution in [0, 0.1) is 6.92 Å². The standard InChI is InChI=1S/C13H19N3O2/c1-9-8-11(2-3-12(9)17)15-10-4-6-16(7-5-10)13(14)18/h2-3,8,10,15,17H,4-7H2,1H3,(H2,14,18). The Morgan fingerprint density at radius 3 is 2.67 bits per heavy atom. The van der Waals surface area contributed by atoms with Crippen LogP contribution in [0.2, 0.25) is 0 Å². The second kappa shape index (κ2) is 5.16. The molecule has 5 nitrogen and oxygen atoms in total. The van der Waals surface area contributed by atoms with Gasteiger partial charge in [0.2, 0.25) is 0 Å². The number of likely N-dealkylation sites (tertiary alicyclic amines) is 1. The van der Waals surface area contributed by atoms with Crippen LogP contribution in [-0.4, -0.2) is 35.2 Å². The Hall–Kier alpha value is -1.91. The highest BCUT2D eigenvalue weighted by molar-refractivity contribution is 5.72. The fourth-order valence-electron chi connectivity index (χ4n) is 2.23. The average Bonchev–Trinajstić information content (AvgIpc) is 2.34. The van der Waals surface area contributed by atoms with E-state index in [-0.39, 0.29) is 6.03 Å². The molecule has 98 valence electrons. The monoisotopic (exact) mass is 249 g/mol. The van der Waals surface area contributed by atoms with Gasteiger partial charge in [-0.05, 0) is 43.5 Å². The van der Waals surface area contributed by atoms with Crippen LogP contribution in [0.1, 0.15) is 18.4 Å². The molecule has 0 radical (unpaired) electrons. The van der Waals surface area contributed by atoms with Gasteiger partial charge in [0.25, 0.3) is 0 Å². The summed E-state index contributed by atoms with van der Waals surface area (Å²) in [7, 11) is 0. The number of phenolic OH excluding ortho intramolecular Hbond substituents is 1. The maximum atomic E-state index is 11.0. The minimum atomic E-state index is -0.339. The van der Waals surface area contributed by atoms with Crippen molar-refractivity contribution in [2.24, 2.45) is 5.73 Å². The van der Waals surface area contributed by atoms with Gasteiger partial charge >= 0.3 is 6.03 Å². The van der Waals surface area contributed by atoms with Crippen molar-refractivity contribution in [3.63, 3.8) is 0 Å². The molecule has 0 spiro atoms. The molecule has 0 aromatic heterocycles. The van der Waals surface area contributed by atoms with Crippen molar-refractivity contribution in [3.8, 4) is 5.75 Å². The van der Waals surface area contributed by atoms with Crippen molar-refractivity contribution in [1.29, 1.82) is 0 Å². The van der Waals surface area contributed by atoms with Crippen molar-refractivity contribution in [2.45, 2.75) is 25.8 Å². The zero-order chi connectivity index (χ0) is 13.1. The molecule has 1 aromatic rings. The number of anilines is 1. The van der Waals surface area contributed by atoms with Gasteiger partial charge in [-0.2, -0.15) is 0 Å². The van der Waals surface area contributed by atoms with Crippen molar-refractivity contribution >= 4 is 11.7 Å². The Kier molecular flexibility index (Phi) is 3.60. The van der Waals surface area contributed by atoms with E-state index in [2.05, 4.69) is 5.32 Å². The summed E-state index contributed by atoms with van der Waals surface area (Å²) >= 11 is 0.